The van der Waals surface area contributed by atoms with Gasteiger partial charge in [0.1, 0.15) is 0 Å². The summed E-state index contributed by atoms with van der Waals surface area (Å²) in [5.74, 6) is 0. The van der Waals surface area contributed by atoms with Gasteiger partial charge in [-0.05, 0) is 37.0 Å². The molecule has 1 aliphatic carbocycles. The summed E-state index contributed by atoms with van der Waals surface area (Å²) in [6, 6.07) is 7.39. The second-order valence-electron chi connectivity index (χ2n) is 5.72. The van der Waals surface area contributed by atoms with Crippen LogP contribution in [0.4, 0.5) is 4.79 Å². The van der Waals surface area contributed by atoms with Gasteiger partial charge in [-0.25, -0.2) is 17.5 Å². The fraction of sp³-hybridized carbons (Fsp3) is 0.533. The monoisotopic (exact) mass is 359 g/mol. The zero-order chi connectivity index (χ0) is 16.9. The number of hydrogen-bond acceptors (Lipinski definition) is 3. The number of hydrogen-bond donors (Lipinski definition) is 2. The molecule has 128 valence electrons. The van der Waals surface area contributed by atoms with Crippen molar-refractivity contribution in [1.29, 1.82) is 0 Å². The molecule has 8 heteroatoms. The van der Waals surface area contributed by atoms with E-state index in [0.717, 1.165) is 18.4 Å². The number of carbonyl (C=O) groups excluding carboxylic acids is 1. The van der Waals surface area contributed by atoms with Crippen LogP contribution in [0.25, 0.3) is 0 Å². The maximum absolute atomic E-state index is 11.9. The van der Waals surface area contributed by atoms with E-state index in [0.29, 0.717) is 18.0 Å². The van der Waals surface area contributed by atoms with Gasteiger partial charge in [-0.15, -0.1) is 0 Å². The third-order valence-electron chi connectivity index (χ3n) is 3.57. The quantitative estimate of drug-likeness (QED) is 0.740. The van der Waals surface area contributed by atoms with Crippen LogP contribution in [0.1, 0.15) is 18.4 Å². The number of urea groups is 1. The number of benzene rings is 1. The number of amides is 2. The lowest BCUT2D eigenvalue weighted by Crippen LogP contribution is -2.43. The number of nitrogens with one attached hydrogen (secondary N) is 2. The third kappa shape index (κ3) is 6.76. The summed E-state index contributed by atoms with van der Waals surface area (Å²) in [6.07, 6.45) is 3.78. The van der Waals surface area contributed by atoms with E-state index < -0.39 is 10.0 Å². The van der Waals surface area contributed by atoms with Crippen molar-refractivity contribution in [2.24, 2.45) is 0 Å². The molecule has 23 heavy (non-hydrogen) atoms. The van der Waals surface area contributed by atoms with Gasteiger partial charge in [-0.3, -0.25) is 0 Å². The maximum Gasteiger partial charge on any atom is 0.315 e. The van der Waals surface area contributed by atoms with E-state index in [1.807, 2.05) is 18.2 Å². The van der Waals surface area contributed by atoms with Gasteiger partial charge in [-0.1, -0.05) is 23.7 Å². The summed E-state index contributed by atoms with van der Waals surface area (Å²) in [4.78, 5) is 11.5. The lowest BCUT2D eigenvalue weighted by atomic mass is 10.1. The number of sulfonamides is 1. The number of carbonyl (C=O) groups is 1. The van der Waals surface area contributed by atoms with Crippen LogP contribution in [-0.2, 0) is 16.4 Å². The number of nitrogens with zero attached hydrogens (tertiary/aromatic N) is 1. The van der Waals surface area contributed by atoms with Crippen molar-refractivity contribution in [3.8, 4) is 0 Å². The fourth-order valence-electron chi connectivity index (χ4n) is 2.15. The van der Waals surface area contributed by atoms with Crippen molar-refractivity contribution in [1.82, 2.24) is 14.9 Å². The van der Waals surface area contributed by atoms with Crippen molar-refractivity contribution in [3.05, 3.63) is 34.9 Å². The minimum atomic E-state index is -3.33. The van der Waals surface area contributed by atoms with Crippen LogP contribution in [0, 0.1) is 0 Å². The molecule has 0 bridgehead atoms. The highest BCUT2D eigenvalue weighted by Crippen LogP contribution is 2.18. The molecule has 1 fully saturated rings. The first-order valence-electron chi connectivity index (χ1n) is 7.58. The predicted octanol–water partition coefficient (Wildman–Crippen LogP) is 1.61. The Kier molecular flexibility index (Phi) is 6.26. The van der Waals surface area contributed by atoms with Gasteiger partial charge in [0, 0.05) is 30.7 Å². The molecule has 0 heterocycles. The Morgan fingerprint density at radius 1 is 1.35 bits per heavy atom. The van der Waals surface area contributed by atoms with Crippen LogP contribution in [0.3, 0.4) is 0 Å². The molecule has 0 saturated heterocycles. The van der Waals surface area contributed by atoms with Crippen molar-refractivity contribution >= 4 is 27.7 Å². The molecule has 1 aromatic rings. The fourth-order valence-corrected chi connectivity index (χ4v) is 3.21. The summed E-state index contributed by atoms with van der Waals surface area (Å²) in [6.45, 7) is 0.879. The third-order valence-corrected chi connectivity index (χ3v) is 5.11. The Bertz CT molecular complexity index is 647. The molecule has 2 rings (SSSR count). The van der Waals surface area contributed by atoms with E-state index in [2.05, 4.69) is 10.6 Å². The summed E-state index contributed by atoms with van der Waals surface area (Å²) in [5.41, 5.74) is 0.977. The zero-order valence-electron chi connectivity index (χ0n) is 13.1. The van der Waals surface area contributed by atoms with Gasteiger partial charge in [0.15, 0.2) is 0 Å². The molecule has 1 aromatic carbocycles. The number of halogens is 1. The van der Waals surface area contributed by atoms with Crippen molar-refractivity contribution in [3.63, 3.8) is 0 Å². The Hall–Kier alpha value is -1.31. The molecule has 2 N–H and O–H groups in total. The van der Waals surface area contributed by atoms with Gasteiger partial charge in [0.05, 0.1) is 6.26 Å². The summed E-state index contributed by atoms with van der Waals surface area (Å²) < 4.78 is 25.1. The van der Waals surface area contributed by atoms with Crippen molar-refractivity contribution < 1.29 is 13.2 Å². The first kappa shape index (κ1) is 18.0. The second-order valence-corrected chi connectivity index (χ2v) is 8.14. The average Bonchev–Trinajstić information content (AvgIpc) is 3.25. The minimum Gasteiger partial charge on any atom is -0.337 e. The Morgan fingerprint density at radius 3 is 2.70 bits per heavy atom. The standard InChI is InChI=1S/C15H22ClN3O3S/c1-23(21,22)19(9-7-12-3-2-4-13(16)11-12)10-8-17-15(20)18-14-5-6-14/h2-4,11,14H,5-10H2,1H3,(H2,17,18,20). The van der Waals surface area contributed by atoms with Crippen LogP contribution < -0.4 is 10.6 Å². The largest absolute Gasteiger partial charge is 0.337 e. The van der Waals surface area contributed by atoms with E-state index in [1.165, 1.54) is 10.6 Å². The lowest BCUT2D eigenvalue weighted by Gasteiger charge is -2.20. The van der Waals surface area contributed by atoms with Gasteiger partial charge >= 0.3 is 6.03 Å². The van der Waals surface area contributed by atoms with Gasteiger partial charge in [-0.2, -0.15) is 0 Å². The Balaban J connectivity index is 1.80. The van der Waals surface area contributed by atoms with Crippen LogP contribution in [-0.4, -0.2) is 50.7 Å². The second kappa shape index (κ2) is 7.99. The summed E-state index contributed by atoms with van der Waals surface area (Å²) >= 11 is 5.93. The van der Waals surface area contributed by atoms with Crippen molar-refractivity contribution in [2.45, 2.75) is 25.3 Å². The van der Waals surface area contributed by atoms with Gasteiger partial charge in [0.25, 0.3) is 0 Å². The molecule has 1 aliphatic rings. The molecule has 0 radical (unpaired) electrons. The Labute approximate surface area is 142 Å². The first-order chi connectivity index (χ1) is 10.8. The van der Waals surface area contributed by atoms with E-state index in [4.69, 9.17) is 11.6 Å². The molecule has 1 saturated carbocycles. The van der Waals surface area contributed by atoms with E-state index >= 15 is 0 Å². The number of rotatable bonds is 8. The molecule has 0 spiro atoms. The van der Waals surface area contributed by atoms with Gasteiger partial charge < -0.3 is 10.6 Å². The van der Waals surface area contributed by atoms with E-state index in [9.17, 15) is 13.2 Å². The molecule has 2 amide bonds. The summed E-state index contributed by atoms with van der Waals surface area (Å²) in [5, 5.41) is 6.12. The zero-order valence-corrected chi connectivity index (χ0v) is 14.7. The van der Waals surface area contributed by atoms with E-state index in [-0.39, 0.29) is 25.2 Å². The predicted molar refractivity (Wildman–Crippen MR) is 91.1 cm³/mol. The molecular formula is C15H22ClN3O3S. The topological polar surface area (TPSA) is 78.5 Å². The van der Waals surface area contributed by atoms with Crippen LogP contribution in [0.5, 0.6) is 0 Å². The Morgan fingerprint density at radius 2 is 2.09 bits per heavy atom. The molecule has 0 aromatic heterocycles. The van der Waals surface area contributed by atoms with Crippen LogP contribution in [0.15, 0.2) is 24.3 Å². The molecule has 0 atom stereocenters. The van der Waals surface area contributed by atoms with Gasteiger partial charge in [0.2, 0.25) is 10.0 Å². The van der Waals surface area contributed by atoms with Crippen LogP contribution >= 0.6 is 11.6 Å². The lowest BCUT2D eigenvalue weighted by molar-refractivity contribution is 0.239. The molecular weight excluding hydrogens is 338 g/mol. The van der Waals surface area contributed by atoms with Crippen molar-refractivity contribution in [2.75, 3.05) is 25.9 Å². The first-order valence-corrected chi connectivity index (χ1v) is 9.81. The highest BCUT2D eigenvalue weighted by Gasteiger charge is 2.23. The highest BCUT2D eigenvalue weighted by atomic mass is 35.5. The minimum absolute atomic E-state index is 0.240. The molecule has 6 nitrogen and oxygen atoms in total. The SMILES string of the molecule is CS(=O)(=O)N(CCNC(=O)NC1CC1)CCc1cccc(Cl)c1. The molecule has 0 aliphatic heterocycles. The average molecular weight is 360 g/mol. The normalized spacial score (nSPS) is 14.7. The van der Waals surface area contributed by atoms with E-state index in [1.54, 1.807) is 6.07 Å². The maximum atomic E-state index is 11.9. The highest BCUT2D eigenvalue weighted by molar-refractivity contribution is 7.88. The smallest absolute Gasteiger partial charge is 0.315 e. The summed E-state index contributed by atoms with van der Waals surface area (Å²) in [7, 11) is -3.33. The molecule has 0 unspecified atom stereocenters. The van der Waals surface area contributed by atoms with Crippen LogP contribution in [0.2, 0.25) is 5.02 Å².